The number of benzene rings is 1. The zero-order valence-corrected chi connectivity index (χ0v) is 14.2. The average Bonchev–Trinajstić information content (AvgIpc) is 2.56. The molecule has 1 saturated heterocycles. The predicted octanol–water partition coefficient (Wildman–Crippen LogP) is 1.43. The van der Waals surface area contributed by atoms with E-state index in [0.717, 1.165) is 0 Å². The molecule has 1 aliphatic rings. The fourth-order valence-corrected chi connectivity index (χ4v) is 2.82. The van der Waals surface area contributed by atoms with Crippen molar-refractivity contribution >= 4 is 29.3 Å². The highest BCUT2D eigenvalue weighted by atomic mass is 35.5. The monoisotopic (exact) mass is 357 g/mol. The number of piperidine rings is 1. The molecule has 2 rings (SSSR count). The van der Waals surface area contributed by atoms with E-state index in [1.54, 1.807) is 0 Å². The molecule has 0 bridgehead atoms. The molecule has 2 unspecified atom stereocenters. The number of halogens is 1. The van der Waals surface area contributed by atoms with E-state index >= 15 is 0 Å². The van der Waals surface area contributed by atoms with E-state index in [1.807, 2.05) is 0 Å². The lowest BCUT2D eigenvalue weighted by Gasteiger charge is -2.36. The minimum Gasteiger partial charge on any atom is -0.496 e. The van der Waals surface area contributed by atoms with Crippen molar-refractivity contribution in [3.8, 4) is 5.75 Å². The van der Waals surface area contributed by atoms with Gasteiger partial charge in [-0.15, -0.1) is 0 Å². The summed E-state index contributed by atoms with van der Waals surface area (Å²) in [7, 11) is 2.92. The number of nitrogen functional groups attached to an aromatic ring is 1. The number of hydrogen-bond donors (Lipinski definition) is 3. The number of anilines is 1. The third kappa shape index (κ3) is 3.82. The van der Waals surface area contributed by atoms with Gasteiger partial charge in [0.05, 0.1) is 42.1 Å². The molecule has 1 fully saturated rings. The van der Waals surface area contributed by atoms with E-state index in [2.05, 4.69) is 5.32 Å². The van der Waals surface area contributed by atoms with E-state index in [0.29, 0.717) is 24.4 Å². The second-order valence-electron chi connectivity index (χ2n) is 5.45. The molecule has 0 spiro atoms. The van der Waals surface area contributed by atoms with Crippen molar-refractivity contribution in [2.45, 2.75) is 18.6 Å². The minimum absolute atomic E-state index is 0.191. The van der Waals surface area contributed by atoms with Crippen LogP contribution in [0.2, 0.25) is 5.02 Å². The fourth-order valence-electron chi connectivity index (χ4n) is 2.66. The van der Waals surface area contributed by atoms with Gasteiger partial charge in [-0.05, 0) is 12.5 Å². The van der Waals surface area contributed by atoms with Crippen LogP contribution in [0, 0.1) is 0 Å². The third-order valence-electron chi connectivity index (χ3n) is 4.01. The first kappa shape index (κ1) is 18.2. The van der Waals surface area contributed by atoms with Crippen LogP contribution in [0.25, 0.3) is 0 Å². The Morgan fingerprint density at radius 3 is 2.71 bits per heavy atom. The molecule has 0 radical (unpaired) electrons. The molecule has 132 valence electrons. The average molecular weight is 358 g/mol. The molecule has 0 aromatic heterocycles. The summed E-state index contributed by atoms with van der Waals surface area (Å²) in [4.78, 5) is 24.9. The SMILES string of the molecule is COc1cc(N)c(Cl)cc1C(=O)NC1CCN(C(=O)O)CC1OC. The Morgan fingerprint density at radius 1 is 1.42 bits per heavy atom. The zero-order valence-electron chi connectivity index (χ0n) is 13.4. The standard InChI is InChI=1S/C15H20ClN3O5/c1-23-12-6-10(17)9(16)5-8(12)14(20)18-11-3-4-19(15(21)22)7-13(11)24-2/h5-6,11,13H,3-4,7,17H2,1-2H3,(H,18,20)(H,21,22). The lowest BCUT2D eigenvalue weighted by Crippen LogP contribution is -2.55. The number of hydrogen-bond acceptors (Lipinski definition) is 5. The van der Waals surface area contributed by atoms with Gasteiger partial charge in [0, 0.05) is 19.7 Å². The van der Waals surface area contributed by atoms with Crippen molar-refractivity contribution in [3.63, 3.8) is 0 Å². The molecule has 9 heteroatoms. The number of carbonyl (C=O) groups is 2. The molecule has 4 N–H and O–H groups in total. The number of carboxylic acid groups (broad SMARTS) is 1. The Balaban J connectivity index is 2.14. The fraction of sp³-hybridized carbons (Fsp3) is 0.467. The zero-order chi connectivity index (χ0) is 17.9. The number of rotatable bonds is 4. The maximum atomic E-state index is 12.6. The molecule has 0 aliphatic carbocycles. The van der Waals surface area contributed by atoms with Crippen molar-refractivity contribution in [2.75, 3.05) is 33.0 Å². The second-order valence-corrected chi connectivity index (χ2v) is 5.85. The summed E-state index contributed by atoms with van der Waals surface area (Å²) in [6.45, 7) is 0.510. The molecule has 2 amide bonds. The molecule has 1 aliphatic heterocycles. The minimum atomic E-state index is -1.01. The summed E-state index contributed by atoms with van der Waals surface area (Å²) in [5.74, 6) is -0.0732. The van der Waals surface area contributed by atoms with E-state index < -0.39 is 12.2 Å². The molecule has 24 heavy (non-hydrogen) atoms. The van der Waals surface area contributed by atoms with Crippen molar-refractivity contribution in [2.24, 2.45) is 0 Å². The maximum absolute atomic E-state index is 12.6. The van der Waals surface area contributed by atoms with E-state index in [1.165, 1.54) is 31.3 Å². The Bertz CT molecular complexity index is 640. The number of amides is 2. The summed E-state index contributed by atoms with van der Waals surface area (Å²) in [5.41, 5.74) is 6.28. The van der Waals surface area contributed by atoms with Crippen LogP contribution < -0.4 is 15.8 Å². The van der Waals surface area contributed by atoms with Gasteiger partial charge in [-0.3, -0.25) is 4.79 Å². The highest BCUT2D eigenvalue weighted by Crippen LogP contribution is 2.29. The molecule has 1 aromatic rings. The van der Waals surface area contributed by atoms with Crippen LogP contribution in [0.15, 0.2) is 12.1 Å². The van der Waals surface area contributed by atoms with Crippen molar-refractivity contribution < 1.29 is 24.2 Å². The van der Waals surface area contributed by atoms with Gasteiger partial charge in [0.1, 0.15) is 5.75 Å². The number of methoxy groups -OCH3 is 2. The Kier molecular flexibility index (Phi) is 5.74. The van der Waals surface area contributed by atoms with Crippen LogP contribution in [-0.2, 0) is 4.74 Å². The van der Waals surface area contributed by atoms with Gasteiger partial charge in [-0.2, -0.15) is 0 Å². The van der Waals surface area contributed by atoms with Crippen LogP contribution in [0.3, 0.4) is 0 Å². The first-order chi connectivity index (χ1) is 11.4. The maximum Gasteiger partial charge on any atom is 0.407 e. The smallest absolute Gasteiger partial charge is 0.407 e. The lowest BCUT2D eigenvalue weighted by molar-refractivity contribution is 0.0101. The number of nitrogens with zero attached hydrogens (tertiary/aromatic N) is 1. The molecule has 1 heterocycles. The number of ether oxygens (including phenoxy) is 2. The van der Waals surface area contributed by atoms with Gasteiger partial charge >= 0.3 is 6.09 Å². The van der Waals surface area contributed by atoms with Gasteiger partial charge in [-0.1, -0.05) is 11.6 Å². The first-order valence-electron chi connectivity index (χ1n) is 7.32. The van der Waals surface area contributed by atoms with Crippen LogP contribution in [-0.4, -0.2) is 61.5 Å². The van der Waals surface area contributed by atoms with Crippen LogP contribution in [0.1, 0.15) is 16.8 Å². The first-order valence-corrected chi connectivity index (χ1v) is 7.69. The second kappa shape index (κ2) is 7.59. The Labute approximate surface area is 144 Å². The van der Waals surface area contributed by atoms with Crippen molar-refractivity contribution in [3.05, 3.63) is 22.7 Å². The van der Waals surface area contributed by atoms with Gasteiger partial charge in [-0.25, -0.2) is 4.79 Å². The van der Waals surface area contributed by atoms with Gasteiger partial charge < -0.3 is 30.5 Å². The number of carbonyl (C=O) groups excluding carboxylic acids is 1. The summed E-state index contributed by atoms with van der Waals surface area (Å²) >= 11 is 5.98. The summed E-state index contributed by atoms with van der Waals surface area (Å²) in [6.07, 6.45) is -0.996. The molecule has 2 atom stereocenters. The molecular weight excluding hydrogens is 338 g/mol. The Morgan fingerprint density at radius 2 is 2.12 bits per heavy atom. The van der Waals surface area contributed by atoms with Crippen molar-refractivity contribution in [1.29, 1.82) is 0 Å². The predicted molar refractivity (Wildman–Crippen MR) is 88.7 cm³/mol. The quantitative estimate of drug-likeness (QED) is 0.702. The normalized spacial score (nSPS) is 20.5. The van der Waals surface area contributed by atoms with E-state index in [4.69, 9.17) is 31.9 Å². The van der Waals surface area contributed by atoms with Gasteiger partial charge in [0.15, 0.2) is 0 Å². The molecule has 8 nitrogen and oxygen atoms in total. The number of nitrogens with one attached hydrogen (secondary N) is 1. The van der Waals surface area contributed by atoms with Crippen LogP contribution in [0.4, 0.5) is 10.5 Å². The van der Waals surface area contributed by atoms with E-state index in [9.17, 15) is 9.59 Å². The van der Waals surface area contributed by atoms with E-state index in [-0.39, 0.29) is 29.1 Å². The largest absolute Gasteiger partial charge is 0.496 e. The summed E-state index contributed by atoms with van der Waals surface area (Å²) in [6, 6.07) is 2.61. The highest BCUT2D eigenvalue weighted by Gasteiger charge is 2.33. The highest BCUT2D eigenvalue weighted by molar-refractivity contribution is 6.33. The third-order valence-corrected chi connectivity index (χ3v) is 4.34. The molecule has 1 aromatic carbocycles. The summed E-state index contributed by atoms with van der Waals surface area (Å²) in [5, 5.41) is 12.2. The number of likely N-dealkylation sites (tertiary alicyclic amines) is 1. The molecular formula is C15H20ClN3O5. The van der Waals surface area contributed by atoms with Gasteiger partial charge in [0.25, 0.3) is 5.91 Å². The Hall–Kier alpha value is -2.19. The number of nitrogens with two attached hydrogens (primary N) is 1. The summed E-state index contributed by atoms with van der Waals surface area (Å²) < 4.78 is 10.5. The topological polar surface area (TPSA) is 114 Å². The molecule has 0 saturated carbocycles. The van der Waals surface area contributed by atoms with Gasteiger partial charge in [0.2, 0.25) is 0 Å². The van der Waals surface area contributed by atoms with Crippen LogP contribution >= 0.6 is 11.6 Å². The van der Waals surface area contributed by atoms with Crippen LogP contribution in [0.5, 0.6) is 5.75 Å². The lowest BCUT2D eigenvalue weighted by atomic mass is 10.0. The van der Waals surface area contributed by atoms with Crippen molar-refractivity contribution in [1.82, 2.24) is 10.2 Å².